The van der Waals surface area contributed by atoms with Crippen LogP contribution in [-0.4, -0.2) is 22.3 Å². The van der Waals surface area contributed by atoms with E-state index >= 15 is 0 Å². The molecule has 0 aliphatic rings. The van der Waals surface area contributed by atoms with Crippen molar-refractivity contribution in [1.29, 1.82) is 0 Å². The molecule has 29 heavy (non-hydrogen) atoms. The summed E-state index contributed by atoms with van der Waals surface area (Å²) in [7, 11) is 1.62. The van der Waals surface area contributed by atoms with E-state index in [1.165, 1.54) is 0 Å². The monoisotopic (exact) mass is 384 g/mol. The normalized spacial score (nSPS) is 11.2. The molecule has 3 heterocycles. The van der Waals surface area contributed by atoms with Gasteiger partial charge in [0.1, 0.15) is 17.2 Å². The Labute approximate surface area is 164 Å². The first-order valence-electron chi connectivity index (χ1n) is 8.96. The number of pyridine rings is 1. The fourth-order valence-corrected chi connectivity index (χ4v) is 3.42. The number of rotatable bonds is 3. The lowest BCUT2D eigenvalue weighted by atomic mass is 10.00. The predicted octanol–water partition coefficient (Wildman–Crippen LogP) is 3.99. The zero-order valence-electron chi connectivity index (χ0n) is 15.5. The van der Waals surface area contributed by atoms with Crippen LogP contribution in [0.3, 0.4) is 0 Å². The quantitative estimate of drug-likeness (QED) is 0.456. The Bertz CT molecular complexity index is 1420. The molecular weight excluding hydrogens is 368 g/mol. The van der Waals surface area contributed by atoms with Gasteiger partial charge in [-0.05, 0) is 41.5 Å². The average molecular weight is 384 g/mol. The van der Waals surface area contributed by atoms with Crippen molar-refractivity contribution in [3.63, 3.8) is 0 Å². The third-order valence-electron chi connectivity index (χ3n) is 4.87. The molecule has 0 saturated heterocycles. The molecule has 0 aliphatic carbocycles. The Morgan fingerprint density at radius 1 is 1.03 bits per heavy atom. The third kappa shape index (κ3) is 2.80. The molecule has 7 nitrogen and oxygen atoms in total. The van der Waals surface area contributed by atoms with Gasteiger partial charge in [-0.15, -0.1) is 0 Å². The number of benzene rings is 2. The standard InChI is InChI=1S/C22H16N4O3/c1-28-14-8-6-12(7-9-14)15-11-17(24-21-19(15)20(23)25-26-21)16-10-13-4-2-3-5-18(13)29-22(16)27/h2-11H,1H3,(H3,23,24,25,26). The lowest BCUT2D eigenvalue weighted by Gasteiger charge is -2.09. The Kier molecular flexibility index (Phi) is 3.80. The van der Waals surface area contributed by atoms with Gasteiger partial charge >= 0.3 is 5.63 Å². The third-order valence-corrected chi connectivity index (χ3v) is 4.87. The molecule has 142 valence electrons. The number of anilines is 1. The maximum Gasteiger partial charge on any atom is 0.345 e. The fourth-order valence-electron chi connectivity index (χ4n) is 3.42. The van der Waals surface area contributed by atoms with E-state index in [9.17, 15) is 4.79 Å². The zero-order chi connectivity index (χ0) is 20.0. The van der Waals surface area contributed by atoms with Crippen molar-refractivity contribution in [3.8, 4) is 28.1 Å². The Hall–Kier alpha value is -4.13. The van der Waals surface area contributed by atoms with Crippen LogP contribution in [0.4, 0.5) is 5.82 Å². The van der Waals surface area contributed by atoms with Gasteiger partial charge in [-0.1, -0.05) is 30.3 Å². The first-order chi connectivity index (χ1) is 14.1. The maximum absolute atomic E-state index is 12.6. The average Bonchev–Trinajstić information content (AvgIpc) is 3.13. The number of aromatic nitrogens is 3. The van der Waals surface area contributed by atoms with E-state index < -0.39 is 5.63 Å². The highest BCUT2D eigenvalue weighted by molar-refractivity contribution is 6.01. The second kappa shape index (κ2) is 6.49. The molecule has 2 aromatic carbocycles. The summed E-state index contributed by atoms with van der Waals surface area (Å²) >= 11 is 0. The Morgan fingerprint density at radius 3 is 2.62 bits per heavy atom. The summed E-state index contributed by atoms with van der Waals surface area (Å²) in [6.07, 6.45) is 0. The molecule has 3 N–H and O–H groups in total. The van der Waals surface area contributed by atoms with Crippen molar-refractivity contribution in [1.82, 2.24) is 15.2 Å². The van der Waals surface area contributed by atoms with Crippen molar-refractivity contribution in [2.24, 2.45) is 0 Å². The first-order valence-corrected chi connectivity index (χ1v) is 8.96. The van der Waals surface area contributed by atoms with Gasteiger partial charge in [0.15, 0.2) is 5.65 Å². The number of aromatic amines is 1. The Balaban J connectivity index is 1.78. The van der Waals surface area contributed by atoms with Crippen LogP contribution in [0, 0.1) is 0 Å². The van der Waals surface area contributed by atoms with E-state index in [2.05, 4.69) is 15.2 Å². The fraction of sp³-hybridized carbons (Fsp3) is 0.0455. The summed E-state index contributed by atoms with van der Waals surface area (Å²) in [5.41, 5.74) is 9.14. The number of nitrogens with zero attached hydrogens (tertiary/aromatic N) is 2. The molecule has 0 spiro atoms. The minimum Gasteiger partial charge on any atom is -0.497 e. The summed E-state index contributed by atoms with van der Waals surface area (Å²) in [4.78, 5) is 17.2. The summed E-state index contributed by atoms with van der Waals surface area (Å²) in [5, 5.41) is 8.48. The second-order valence-electron chi connectivity index (χ2n) is 6.60. The van der Waals surface area contributed by atoms with Crippen LogP contribution in [0.15, 0.2) is 69.9 Å². The lowest BCUT2D eigenvalue weighted by Crippen LogP contribution is -2.04. The molecule has 0 fully saturated rings. The summed E-state index contributed by atoms with van der Waals surface area (Å²) in [5.74, 6) is 1.16. The predicted molar refractivity (Wildman–Crippen MR) is 112 cm³/mol. The van der Waals surface area contributed by atoms with Crippen LogP contribution in [0.2, 0.25) is 0 Å². The van der Waals surface area contributed by atoms with Crippen molar-refractivity contribution >= 4 is 27.8 Å². The molecule has 0 radical (unpaired) electrons. The number of ether oxygens (including phenoxy) is 1. The minimum atomic E-state index is -0.459. The molecule has 5 rings (SSSR count). The highest BCUT2D eigenvalue weighted by Gasteiger charge is 2.17. The van der Waals surface area contributed by atoms with E-state index in [0.29, 0.717) is 33.7 Å². The highest BCUT2D eigenvalue weighted by Crippen LogP contribution is 2.34. The molecule has 0 saturated carbocycles. The molecule has 0 aliphatic heterocycles. The van der Waals surface area contributed by atoms with E-state index in [-0.39, 0.29) is 0 Å². The second-order valence-corrected chi connectivity index (χ2v) is 6.60. The molecule has 0 atom stereocenters. The van der Waals surface area contributed by atoms with Crippen LogP contribution < -0.4 is 16.1 Å². The van der Waals surface area contributed by atoms with Gasteiger partial charge in [-0.25, -0.2) is 9.78 Å². The van der Waals surface area contributed by atoms with Crippen LogP contribution in [0.1, 0.15) is 0 Å². The molecule has 0 unspecified atom stereocenters. The van der Waals surface area contributed by atoms with Crippen molar-refractivity contribution in [2.75, 3.05) is 12.8 Å². The van der Waals surface area contributed by atoms with Crippen molar-refractivity contribution in [2.45, 2.75) is 0 Å². The van der Waals surface area contributed by atoms with Crippen molar-refractivity contribution < 1.29 is 9.15 Å². The van der Waals surface area contributed by atoms with Gasteiger partial charge in [0, 0.05) is 5.39 Å². The van der Waals surface area contributed by atoms with Gasteiger partial charge in [0.25, 0.3) is 0 Å². The first kappa shape index (κ1) is 17.0. The molecule has 0 amide bonds. The highest BCUT2D eigenvalue weighted by atomic mass is 16.5. The Morgan fingerprint density at radius 2 is 1.83 bits per heavy atom. The van der Waals surface area contributed by atoms with Gasteiger partial charge in [0.05, 0.1) is 23.8 Å². The summed E-state index contributed by atoms with van der Waals surface area (Å²) in [6.45, 7) is 0. The van der Waals surface area contributed by atoms with Gasteiger partial charge < -0.3 is 14.9 Å². The SMILES string of the molecule is COc1ccc(-c2cc(-c3cc4ccccc4oc3=O)nc3n[nH]c(N)c23)cc1. The zero-order valence-corrected chi connectivity index (χ0v) is 15.5. The maximum atomic E-state index is 12.6. The topological polar surface area (TPSA) is 107 Å². The van der Waals surface area contributed by atoms with E-state index in [0.717, 1.165) is 22.3 Å². The summed E-state index contributed by atoms with van der Waals surface area (Å²) < 4.78 is 10.7. The van der Waals surface area contributed by atoms with E-state index in [1.54, 1.807) is 19.2 Å². The largest absolute Gasteiger partial charge is 0.497 e. The molecule has 3 aromatic heterocycles. The minimum absolute atomic E-state index is 0.363. The van der Waals surface area contributed by atoms with Gasteiger partial charge in [-0.3, -0.25) is 5.10 Å². The lowest BCUT2D eigenvalue weighted by molar-refractivity contribution is 0.415. The number of nitrogen functional groups attached to an aromatic ring is 1. The van der Waals surface area contributed by atoms with Crippen LogP contribution >= 0.6 is 0 Å². The van der Waals surface area contributed by atoms with Gasteiger partial charge in [-0.2, -0.15) is 5.10 Å². The number of fused-ring (bicyclic) bond motifs is 2. The van der Waals surface area contributed by atoms with Gasteiger partial charge in [0.2, 0.25) is 0 Å². The number of nitrogens with two attached hydrogens (primary N) is 1. The number of para-hydroxylation sites is 1. The molecule has 5 aromatic rings. The number of hydrogen-bond acceptors (Lipinski definition) is 6. The number of hydrogen-bond donors (Lipinski definition) is 2. The van der Waals surface area contributed by atoms with Crippen LogP contribution in [0.25, 0.3) is 44.4 Å². The number of H-pyrrole nitrogens is 1. The van der Waals surface area contributed by atoms with E-state index in [1.807, 2.05) is 48.5 Å². The summed E-state index contributed by atoms with van der Waals surface area (Å²) in [6, 6.07) is 18.5. The molecular formula is C22H16N4O3. The smallest absolute Gasteiger partial charge is 0.345 e. The van der Waals surface area contributed by atoms with E-state index in [4.69, 9.17) is 14.9 Å². The molecule has 0 bridgehead atoms. The molecule has 7 heteroatoms. The van der Waals surface area contributed by atoms with Crippen LogP contribution in [-0.2, 0) is 0 Å². The number of methoxy groups -OCH3 is 1. The van der Waals surface area contributed by atoms with Crippen molar-refractivity contribution in [3.05, 3.63) is 71.1 Å². The number of nitrogens with one attached hydrogen (secondary N) is 1. The van der Waals surface area contributed by atoms with Crippen LogP contribution in [0.5, 0.6) is 5.75 Å².